The summed E-state index contributed by atoms with van der Waals surface area (Å²) in [6, 6.07) is 0.0609. The minimum Gasteiger partial charge on any atom is -0.377 e. The number of primary sulfonamides is 1. The van der Waals surface area contributed by atoms with E-state index in [9.17, 15) is 8.42 Å². The van der Waals surface area contributed by atoms with Crippen LogP contribution in [0.4, 0.5) is 5.95 Å². The summed E-state index contributed by atoms with van der Waals surface area (Å²) >= 11 is 9.42. The first-order chi connectivity index (χ1) is 10.7. The second-order valence-corrected chi connectivity index (χ2v) is 9.39. The van der Waals surface area contributed by atoms with Crippen molar-refractivity contribution in [3.63, 3.8) is 0 Å². The molecule has 0 spiro atoms. The van der Waals surface area contributed by atoms with Crippen LogP contribution in [0.1, 0.15) is 25.6 Å². The van der Waals surface area contributed by atoms with Gasteiger partial charge < -0.3 is 9.64 Å². The van der Waals surface area contributed by atoms with E-state index in [1.807, 2.05) is 11.8 Å². The summed E-state index contributed by atoms with van der Waals surface area (Å²) in [6.07, 6.45) is 0.620. The highest BCUT2D eigenvalue weighted by molar-refractivity contribution is 9.09. The first-order valence-corrected chi connectivity index (χ1v) is 10.00. The number of hydrogen-bond acceptors (Lipinski definition) is 7. The Morgan fingerprint density at radius 3 is 2.65 bits per heavy atom. The first kappa shape index (κ1) is 17.3. The van der Waals surface area contributed by atoms with Crippen LogP contribution in [0.2, 0.25) is 5.28 Å². The van der Waals surface area contributed by atoms with E-state index in [4.69, 9.17) is 21.5 Å². The molecule has 0 amide bonds. The van der Waals surface area contributed by atoms with Gasteiger partial charge in [0.2, 0.25) is 21.3 Å². The molecule has 0 unspecified atom stereocenters. The Balaban J connectivity index is 2.04. The van der Waals surface area contributed by atoms with Crippen molar-refractivity contribution in [2.75, 3.05) is 24.7 Å². The Kier molecular flexibility index (Phi) is 4.56. The standard InChI is InChI=1S/C12H17BrClN5O3S/c1-7-6-22-3-2-19(7)11-17-9(16-10(14)18-11)12(23(15,20)21)4-8(13)5-12/h7-8H,2-6H2,1H3,(H2,15,20,21)/t7-,8?,12?/m1/s1. The van der Waals surface area contributed by atoms with Gasteiger partial charge in [-0.2, -0.15) is 9.97 Å². The lowest BCUT2D eigenvalue weighted by molar-refractivity contribution is 0.0980. The normalized spacial score (nSPS) is 31.7. The van der Waals surface area contributed by atoms with Crippen molar-refractivity contribution >= 4 is 43.5 Å². The van der Waals surface area contributed by atoms with Gasteiger partial charge in [0.05, 0.1) is 19.3 Å². The molecule has 8 nitrogen and oxygen atoms in total. The molecule has 1 atom stereocenters. The SMILES string of the molecule is C[C@@H]1COCCN1c1nc(Cl)nc(C2(S(N)(=O)=O)CC(Br)C2)n1. The molecule has 0 bridgehead atoms. The van der Waals surface area contributed by atoms with Crippen LogP contribution in [-0.2, 0) is 19.5 Å². The predicted octanol–water partition coefficient (Wildman–Crippen LogP) is 0.791. The zero-order chi connectivity index (χ0) is 16.8. The maximum atomic E-state index is 12.1. The van der Waals surface area contributed by atoms with Gasteiger partial charge in [-0.3, -0.25) is 0 Å². The van der Waals surface area contributed by atoms with Crippen molar-refractivity contribution in [1.29, 1.82) is 0 Å². The van der Waals surface area contributed by atoms with Gasteiger partial charge in [0, 0.05) is 11.4 Å². The van der Waals surface area contributed by atoms with Gasteiger partial charge in [-0.15, -0.1) is 0 Å². The second-order valence-electron chi connectivity index (χ2n) is 5.89. The Morgan fingerprint density at radius 1 is 1.39 bits per heavy atom. The number of aromatic nitrogens is 3. The number of ether oxygens (including phenoxy) is 1. The number of halogens is 2. The Morgan fingerprint density at radius 2 is 2.09 bits per heavy atom. The van der Waals surface area contributed by atoms with Gasteiger partial charge in [-0.25, -0.2) is 18.5 Å². The van der Waals surface area contributed by atoms with Crippen LogP contribution in [0.3, 0.4) is 0 Å². The van der Waals surface area contributed by atoms with Crippen molar-refractivity contribution in [3.8, 4) is 0 Å². The molecule has 11 heteroatoms. The lowest BCUT2D eigenvalue weighted by atomic mass is 9.83. The predicted molar refractivity (Wildman–Crippen MR) is 89.2 cm³/mol. The number of morpholine rings is 1. The lowest BCUT2D eigenvalue weighted by Gasteiger charge is -2.42. The van der Waals surface area contributed by atoms with Gasteiger partial charge in [0.25, 0.3) is 0 Å². The summed E-state index contributed by atoms with van der Waals surface area (Å²) in [6.45, 7) is 3.67. The van der Waals surface area contributed by atoms with Crippen molar-refractivity contribution < 1.29 is 13.2 Å². The minimum atomic E-state index is -3.88. The highest BCUT2D eigenvalue weighted by atomic mass is 79.9. The molecule has 3 rings (SSSR count). The van der Waals surface area contributed by atoms with Gasteiger partial charge in [-0.05, 0) is 31.4 Å². The Hall–Kier alpha value is -0.550. The van der Waals surface area contributed by atoms with E-state index < -0.39 is 14.8 Å². The molecule has 2 aliphatic rings. The van der Waals surface area contributed by atoms with Gasteiger partial charge >= 0.3 is 0 Å². The van der Waals surface area contributed by atoms with Crippen LogP contribution >= 0.6 is 27.5 Å². The average molecular weight is 427 g/mol. The van der Waals surface area contributed by atoms with Crippen LogP contribution < -0.4 is 10.0 Å². The fourth-order valence-electron chi connectivity index (χ4n) is 2.89. The molecular formula is C12H17BrClN5O3S. The number of nitrogens with zero attached hydrogens (tertiary/aromatic N) is 4. The molecule has 0 aromatic carbocycles. The minimum absolute atomic E-state index is 0.0373. The number of rotatable bonds is 3. The molecule has 1 aromatic heterocycles. The molecule has 128 valence electrons. The topological polar surface area (TPSA) is 111 Å². The number of hydrogen-bond donors (Lipinski definition) is 1. The molecule has 1 aliphatic heterocycles. The number of sulfonamides is 1. The molecule has 2 heterocycles. The number of alkyl halides is 1. The van der Waals surface area contributed by atoms with E-state index in [-0.39, 0.29) is 22.0 Å². The second kappa shape index (κ2) is 6.07. The monoisotopic (exact) mass is 425 g/mol. The zero-order valence-corrected chi connectivity index (χ0v) is 15.6. The number of anilines is 1. The van der Waals surface area contributed by atoms with Crippen LogP contribution in [0, 0.1) is 0 Å². The average Bonchev–Trinajstić information content (AvgIpc) is 2.42. The summed E-state index contributed by atoms with van der Waals surface area (Å²) < 4.78 is 28.3. The quantitative estimate of drug-likeness (QED) is 0.711. The Labute approximate surface area is 148 Å². The Bertz CT molecular complexity index is 713. The van der Waals surface area contributed by atoms with E-state index in [2.05, 4.69) is 30.9 Å². The summed E-state index contributed by atoms with van der Waals surface area (Å²) in [7, 11) is -3.88. The number of nitrogens with two attached hydrogens (primary N) is 1. The van der Waals surface area contributed by atoms with Crippen molar-refractivity contribution in [2.45, 2.75) is 35.4 Å². The molecular weight excluding hydrogens is 410 g/mol. The van der Waals surface area contributed by atoms with Crippen LogP contribution in [-0.4, -0.2) is 54.0 Å². The lowest BCUT2D eigenvalue weighted by Crippen LogP contribution is -2.53. The highest BCUT2D eigenvalue weighted by Gasteiger charge is 2.56. The smallest absolute Gasteiger partial charge is 0.230 e. The maximum Gasteiger partial charge on any atom is 0.230 e. The zero-order valence-electron chi connectivity index (χ0n) is 12.4. The van der Waals surface area contributed by atoms with Crippen LogP contribution in [0.5, 0.6) is 0 Å². The van der Waals surface area contributed by atoms with Crippen LogP contribution in [0.25, 0.3) is 0 Å². The van der Waals surface area contributed by atoms with E-state index >= 15 is 0 Å². The summed E-state index contributed by atoms with van der Waals surface area (Å²) in [4.78, 5) is 14.6. The van der Waals surface area contributed by atoms with Crippen molar-refractivity contribution in [3.05, 3.63) is 11.1 Å². The fraction of sp³-hybridized carbons (Fsp3) is 0.750. The first-order valence-electron chi connectivity index (χ1n) is 7.16. The van der Waals surface area contributed by atoms with E-state index in [0.717, 1.165) is 0 Å². The third kappa shape index (κ3) is 3.07. The van der Waals surface area contributed by atoms with Crippen molar-refractivity contribution in [2.24, 2.45) is 5.14 Å². The summed E-state index contributed by atoms with van der Waals surface area (Å²) in [5.41, 5.74) is 0. The van der Waals surface area contributed by atoms with E-state index in [1.54, 1.807) is 0 Å². The summed E-state index contributed by atoms with van der Waals surface area (Å²) in [5, 5.41) is 5.41. The largest absolute Gasteiger partial charge is 0.377 e. The van der Waals surface area contributed by atoms with Gasteiger partial charge in [0.15, 0.2) is 5.82 Å². The van der Waals surface area contributed by atoms with Gasteiger partial charge in [0.1, 0.15) is 4.75 Å². The molecule has 23 heavy (non-hydrogen) atoms. The molecule has 2 N–H and O–H groups in total. The fourth-order valence-corrected chi connectivity index (χ4v) is 5.80. The third-order valence-electron chi connectivity index (χ3n) is 4.28. The molecule has 0 radical (unpaired) electrons. The van der Waals surface area contributed by atoms with Gasteiger partial charge in [-0.1, -0.05) is 15.9 Å². The maximum absolute atomic E-state index is 12.1. The third-order valence-corrected chi connectivity index (χ3v) is 6.70. The molecule has 2 fully saturated rings. The molecule has 1 aromatic rings. The molecule has 1 saturated heterocycles. The van der Waals surface area contributed by atoms with E-state index in [1.165, 1.54) is 0 Å². The highest BCUT2D eigenvalue weighted by Crippen LogP contribution is 2.49. The van der Waals surface area contributed by atoms with Crippen molar-refractivity contribution in [1.82, 2.24) is 15.0 Å². The molecule has 1 aliphatic carbocycles. The molecule has 1 saturated carbocycles. The van der Waals surface area contributed by atoms with E-state index in [0.29, 0.717) is 38.5 Å². The summed E-state index contributed by atoms with van der Waals surface area (Å²) in [5.74, 6) is 0.473. The van der Waals surface area contributed by atoms with Crippen LogP contribution in [0.15, 0.2) is 0 Å².